The second-order valence-corrected chi connectivity index (χ2v) is 6.07. The van der Waals surface area contributed by atoms with Gasteiger partial charge in [-0.25, -0.2) is 0 Å². The lowest BCUT2D eigenvalue weighted by molar-refractivity contribution is -0.146. The van der Waals surface area contributed by atoms with E-state index in [-0.39, 0.29) is 17.6 Å². The van der Waals surface area contributed by atoms with E-state index in [4.69, 9.17) is 9.47 Å². The van der Waals surface area contributed by atoms with E-state index in [0.717, 1.165) is 16.7 Å². The molecule has 1 N–H and O–H groups in total. The Hall–Kier alpha value is -2.75. The molecule has 2 atom stereocenters. The van der Waals surface area contributed by atoms with E-state index in [1.807, 2.05) is 48.5 Å². The molecule has 1 aliphatic carbocycles. The van der Waals surface area contributed by atoms with E-state index >= 15 is 0 Å². The lowest BCUT2D eigenvalue weighted by Crippen LogP contribution is -2.22. The highest BCUT2D eigenvalue weighted by molar-refractivity contribution is 5.95. The van der Waals surface area contributed by atoms with E-state index in [2.05, 4.69) is 0 Å². The quantitative estimate of drug-likeness (QED) is 0.667. The predicted molar refractivity (Wildman–Crippen MR) is 96.6 cm³/mol. The maximum atomic E-state index is 12.8. The Morgan fingerprint density at radius 1 is 1.16 bits per heavy atom. The van der Waals surface area contributed by atoms with Crippen LogP contribution in [0.3, 0.4) is 0 Å². The van der Waals surface area contributed by atoms with Gasteiger partial charge in [-0.3, -0.25) is 4.79 Å². The number of rotatable bonds is 4. The van der Waals surface area contributed by atoms with E-state index in [1.54, 1.807) is 21.0 Å². The number of carbonyl (C=O) groups is 1. The zero-order valence-corrected chi connectivity index (χ0v) is 14.7. The Balaban J connectivity index is 2.24. The molecule has 0 radical (unpaired) electrons. The topological polar surface area (TPSA) is 55.8 Å². The van der Waals surface area contributed by atoms with Gasteiger partial charge in [-0.2, -0.15) is 0 Å². The Morgan fingerprint density at radius 2 is 1.88 bits per heavy atom. The molecule has 0 saturated heterocycles. The first-order valence-electron chi connectivity index (χ1n) is 8.38. The molecular weight excluding hydrogens is 316 g/mol. The van der Waals surface area contributed by atoms with Crippen molar-refractivity contribution in [2.75, 3.05) is 13.7 Å². The van der Waals surface area contributed by atoms with Crippen LogP contribution in [-0.2, 0) is 9.53 Å². The molecule has 0 bridgehead atoms. The van der Waals surface area contributed by atoms with E-state index in [1.165, 1.54) is 0 Å². The van der Waals surface area contributed by atoms with Crippen LogP contribution < -0.4 is 4.74 Å². The van der Waals surface area contributed by atoms with Crippen LogP contribution in [-0.4, -0.2) is 24.8 Å². The second-order valence-electron chi connectivity index (χ2n) is 6.07. The van der Waals surface area contributed by atoms with Crippen molar-refractivity contribution in [3.05, 3.63) is 71.0 Å². The van der Waals surface area contributed by atoms with Gasteiger partial charge in [0.25, 0.3) is 0 Å². The molecule has 2 aromatic rings. The molecule has 130 valence electrons. The summed E-state index contributed by atoms with van der Waals surface area (Å²) in [6.07, 6.45) is 0. The van der Waals surface area contributed by atoms with Crippen LogP contribution >= 0.6 is 0 Å². The largest absolute Gasteiger partial charge is 0.512 e. The minimum atomic E-state index is -0.575. The molecule has 1 aliphatic rings. The first kappa shape index (κ1) is 17.1. The average molecular weight is 338 g/mol. The van der Waals surface area contributed by atoms with Gasteiger partial charge in [-0.05, 0) is 42.7 Å². The molecule has 4 heteroatoms. The summed E-state index contributed by atoms with van der Waals surface area (Å²) in [7, 11) is 1.60. The van der Waals surface area contributed by atoms with Crippen molar-refractivity contribution in [2.45, 2.75) is 19.8 Å². The fourth-order valence-corrected chi connectivity index (χ4v) is 3.62. The smallest absolute Gasteiger partial charge is 0.314 e. The fraction of sp³-hybridized carbons (Fsp3) is 0.286. The van der Waals surface area contributed by atoms with Crippen molar-refractivity contribution in [1.29, 1.82) is 0 Å². The van der Waals surface area contributed by atoms with Gasteiger partial charge < -0.3 is 14.6 Å². The lowest BCUT2D eigenvalue weighted by Gasteiger charge is -2.20. The summed E-state index contributed by atoms with van der Waals surface area (Å²) in [6, 6.07) is 15.6. The van der Waals surface area contributed by atoms with Crippen LogP contribution in [0.15, 0.2) is 54.3 Å². The number of aliphatic hydroxyl groups is 1. The highest BCUT2D eigenvalue weighted by atomic mass is 16.5. The molecule has 2 aromatic carbocycles. The number of fused-ring (bicyclic) bond motifs is 1. The molecule has 0 heterocycles. The summed E-state index contributed by atoms with van der Waals surface area (Å²) in [6.45, 7) is 3.70. The van der Waals surface area contributed by atoms with E-state index in [9.17, 15) is 9.90 Å². The Bertz CT molecular complexity index is 804. The van der Waals surface area contributed by atoms with Crippen molar-refractivity contribution in [2.24, 2.45) is 5.92 Å². The summed E-state index contributed by atoms with van der Waals surface area (Å²) >= 11 is 0. The molecule has 25 heavy (non-hydrogen) atoms. The van der Waals surface area contributed by atoms with Gasteiger partial charge in [0.2, 0.25) is 0 Å². The molecule has 0 aliphatic heterocycles. The van der Waals surface area contributed by atoms with Crippen molar-refractivity contribution in [1.82, 2.24) is 0 Å². The normalized spacial score (nSPS) is 20.8. The molecule has 0 saturated carbocycles. The van der Waals surface area contributed by atoms with Crippen LogP contribution in [0.2, 0.25) is 0 Å². The third-order valence-corrected chi connectivity index (χ3v) is 4.62. The van der Waals surface area contributed by atoms with Gasteiger partial charge in [0.05, 0.1) is 25.4 Å². The molecule has 0 aromatic heterocycles. The molecule has 3 rings (SSSR count). The number of allylic oxidation sites excluding steroid dienone is 1. The third-order valence-electron chi connectivity index (χ3n) is 4.62. The zero-order chi connectivity index (χ0) is 18.0. The minimum absolute atomic E-state index is 0.131. The van der Waals surface area contributed by atoms with Crippen molar-refractivity contribution in [3.63, 3.8) is 0 Å². The van der Waals surface area contributed by atoms with E-state index < -0.39 is 5.92 Å². The minimum Gasteiger partial charge on any atom is -0.512 e. The number of aliphatic hydroxyl groups excluding tert-OH is 1. The van der Waals surface area contributed by atoms with Crippen molar-refractivity contribution >= 4 is 11.5 Å². The number of hydrogen-bond donors (Lipinski definition) is 1. The second kappa shape index (κ2) is 7.01. The highest BCUT2D eigenvalue weighted by Gasteiger charge is 2.44. The summed E-state index contributed by atoms with van der Waals surface area (Å²) < 4.78 is 10.7. The van der Waals surface area contributed by atoms with Gasteiger partial charge >= 0.3 is 5.97 Å². The lowest BCUT2D eigenvalue weighted by atomic mass is 9.84. The zero-order valence-electron chi connectivity index (χ0n) is 14.7. The summed E-state index contributed by atoms with van der Waals surface area (Å²) in [4.78, 5) is 12.8. The van der Waals surface area contributed by atoms with Crippen molar-refractivity contribution in [3.8, 4) is 5.75 Å². The number of methoxy groups -OCH3 is 1. The number of ether oxygens (including phenoxy) is 2. The maximum absolute atomic E-state index is 12.8. The van der Waals surface area contributed by atoms with Gasteiger partial charge in [-0.1, -0.05) is 36.4 Å². The molecular formula is C21H22O4. The fourth-order valence-electron chi connectivity index (χ4n) is 3.62. The molecule has 0 spiro atoms. The molecule has 4 nitrogen and oxygen atoms in total. The Morgan fingerprint density at radius 3 is 2.48 bits per heavy atom. The van der Waals surface area contributed by atoms with Gasteiger partial charge in [-0.15, -0.1) is 0 Å². The summed E-state index contributed by atoms with van der Waals surface area (Å²) in [5, 5.41) is 10.3. The highest BCUT2D eigenvalue weighted by Crippen LogP contribution is 2.51. The summed E-state index contributed by atoms with van der Waals surface area (Å²) in [5.41, 5.74) is 3.46. The Labute approximate surface area is 147 Å². The molecule has 2 unspecified atom stereocenters. The van der Waals surface area contributed by atoms with Gasteiger partial charge in [0, 0.05) is 11.5 Å². The SMILES string of the molecule is CCOC(=O)C1/C(=C(\C)O)c2cc(OC)ccc2C1c1ccccc1. The summed E-state index contributed by atoms with van der Waals surface area (Å²) in [5.74, 6) is -0.276. The van der Waals surface area contributed by atoms with E-state index in [0.29, 0.717) is 17.9 Å². The first-order chi connectivity index (χ1) is 12.1. The van der Waals surface area contributed by atoms with Crippen molar-refractivity contribution < 1.29 is 19.4 Å². The van der Waals surface area contributed by atoms with Gasteiger partial charge in [0.1, 0.15) is 5.75 Å². The predicted octanol–water partition coefficient (Wildman–Crippen LogP) is 4.31. The van der Waals surface area contributed by atoms with Gasteiger partial charge in [0.15, 0.2) is 0 Å². The molecule has 0 fully saturated rings. The van der Waals surface area contributed by atoms with Crippen LogP contribution in [0.1, 0.15) is 36.5 Å². The van der Waals surface area contributed by atoms with Crippen LogP contribution in [0.4, 0.5) is 0 Å². The first-order valence-corrected chi connectivity index (χ1v) is 8.38. The number of benzene rings is 2. The monoisotopic (exact) mass is 338 g/mol. The number of hydrogen-bond acceptors (Lipinski definition) is 4. The number of esters is 1. The Kier molecular flexibility index (Phi) is 4.79. The standard InChI is InChI=1S/C21H22O4/c1-4-25-21(23)20-18(13(2)22)17-12-15(24-3)10-11-16(17)19(20)14-8-6-5-7-9-14/h5-12,19-20,22H,4H2,1-3H3/b18-13+. The molecule has 0 amide bonds. The maximum Gasteiger partial charge on any atom is 0.314 e. The third kappa shape index (κ3) is 3.00. The number of carbonyl (C=O) groups excluding carboxylic acids is 1. The van der Waals surface area contributed by atoms with Crippen LogP contribution in [0, 0.1) is 5.92 Å². The van der Waals surface area contributed by atoms with Crippen LogP contribution in [0.5, 0.6) is 5.75 Å². The van der Waals surface area contributed by atoms with Crippen LogP contribution in [0.25, 0.3) is 5.57 Å². The average Bonchev–Trinajstić information content (AvgIpc) is 2.97.